The van der Waals surface area contributed by atoms with Gasteiger partial charge in [-0.3, -0.25) is 9.78 Å². The van der Waals surface area contributed by atoms with Gasteiger partial charge in [0.15, 0.2) is 0 Å². The van der Waals surface area contributed by atoms with Crippen LogP contribution in [0.2, 0.25) is 0 Å². The first-order chi connectivity index (χ1) is 6.57. The minimum atomic E-state index is -0.641. The highest BCUT2D eigenvalue weighted by molar-refractivity contribution is 9.10. The van der Waals surface area contributed by atoms with Crippen LogP contribution >= 0.6 is 15.9 Å². The average Bonchev–Trinajstić information content (AvgIpc) is 2.16. The van der Waals surface area contributed by atoms with Gasteiger partial charge in [-0.2, -0.15) is 0 Å². The summed E-state index contributed by atoms with van der Waals surface area (Å²) in [7, 11) is 1.27. The Morgan fingerprint density at radius 3 is 2.79 bits per heavy atom. The van der Waals surface area contributed by atoms with Gasteiger partial charge >= 0.3 is 5.97 Å². The van der Waals surface area contributed by atoms with Crippen LogP contribution in [-0.2, 0) is 9.53 Å². The van der Waals surface area contributed by atoms with Crippen LogP contribution < -0.4 is 0 Å². The summed E-state index contributed by atoms with van der Waals surface area (Å²) in [5.41, 5.74) is 0.270. The lowest BCUT2D eigenvalue weighted by Gasteiger charge is -2.11. The summed E-state index contributed by atoms with van der Waals surface area (Å²) in [6.45, 7) is 1.58. The largest absolute Gasteiger partial charge is 0.469 e. The van der Waals surface area contributed by atoms with Crippen LogP contribution in [0.3, 0.4) is 0 Å². The molecule has 0 amide bonds. The molecule has 1 rings (SSSR count). The van der Waals surface area contributed by atoms with E-state index in [1.165, 1.54) is 13.3 Å². The molecule has 0 saturated carbocycles. The molecule has 1 heterocycles. The van der Waals surface area contributed by atoms with Crippen LogP contribution in [0.25, 0.3) is 0 Å². The molecule has 0 saturated heterocycles. The standard InChI is InChI=1S/C9H9BrFNO2/c1-5(9(13)14-2)8-6(10)3-12-4-7(8)11/h3-5H,1-2H3. The van der Waals surface area contributed by atoms with Crippen molar-refractivity contribution < 1.29 is 13.9 Å². The van der Waals surface area contributed by atoms with Crippen LogP contribution in [0.15, 0.2) is 16.9 Å². The molecular formula is C9H9BrFNO2. The third-order valence-corrected chi connectivity index (χ3v) is 2.51. The second-order valence-corrected chi connectivity index (χ2v) is 3.62. The van der Waals surface area contributed by atoms with E-state index in [4.69, 9.17) is 0 Å². The smallest absolute Gasteiger partial charge is 0.313 e. The highest BCUT2D eigenvalue weighted by Crippen LogP contribution is 2.27. The minimum absolute atomic E-state index is 0.270. The van der Waals surface area contributed by atoms with Crippen LogP contribution in [0.1, 0.15) is 18.4 Å². The van der Waals surface area contributed by atoms with E-state index in [0.29, 0.717) is 4.47 Å². The number of ether oxygens (including phenoxy) is 1. The number of methoxy groups -OCH3 is 1. The topological polar surface area (TPSA) is 39.2 Å². The Kier molecular flexibility index (Phi) is 3.57. The molecule has 1 atom stereocenters. The van der Waals surface area contributed by atoms with Gasteiger partial charge < -0.3 is 4.74 Å². The Labute approximate surface area is 89.4 Å². The summed E-state index contributed by atoms with van der Waals surface area (Å²) < 4.78 is 18.3. The number of rotatable bonds is 2. The molecule has 1 unspecified atom stereocenters. The second kappa shape index (κ2) is 4.50. The first-order valence-corrected chi connectivity index (χ1v) is 4.74. The molecule has 0 bridgehead atoms. The summed E-state index contributed by atoms with van der Waals surface area (Å²) in [5.74, 6) is -1.63. The molecule has 0 fully saturated rings. The summed E-state index contributed by atoms with van der Waals surface area (Å²) >= 11 is 3.13. The van der Waals surface area contributed by atoms with Gasteiger partial charge in [-0.1, -0.05) is 0 Å². The predicted octanol–water partition coefficient (Wildman–Crippen LogP) is 2.26. The maximum Gasteiger partial charge on any atom is 0.313 e. The Hall–Kier alpha value is -0.970. The number of hydrogen-bond donors (Lipinski definition) is 0. The number of hydrogen-bond acceptors (Lipinski definition) is 3. The lowest BCUT2D eigenvalue weighted by molar-refractivity contribution is -0.142. The summed E-state index contributed by atoms with van der Waals surface area (Å²) in [5, 5.41) is 0. The Morgan fingerprint density at radius 1 is 1.64 bits per heavy atom. The van der Waals surface area contributed by atoms with Gasteiger partial charge in [-0.05, 0) is 22.9 Å². The third-order valence-electron chi connectivity index (χ3n) is 1.88. The molecule has 1 aromatic heterocycles. The number of aromatic nitrogens is 1. The van der Waals surface area contributed by atoms with Crippen LogP contribution in [0.5, 0.6) is 0 Å². The van der Waals surface area contributed by atoms with Crippen molar-refractivity contribution in [3.63, 3.8) is 0 Å². The number of carbonyl (C=O) groups excluding carboxylic acids is 1. The van der Waals surface area contributed by atoms with E-state index >= 15 is 0 Å². The summed E-state index contributed by atoms with van der Waals surface area (Å²) in [6, 6.07) is 0. The quantitative estimate of drug-likeness (QED) is 0.767. The number of pyridine rings is 1. The van der Waals surface area contributed by atoms with Gasteiger partial charge in [0.25, 0.3) is 0 Å². The fraction of sp³-hybridized carbons (Fsp3) is 0.333. The van der Waals surface area contributed by atoms with Crippen LogP contribution in [-0.4, -0.2) is 18.1 Å². The Balaban J connectivity index is 3.11. The van der Waals surface area contributed by atoms with Crippen molar-refractivity contribution in [2.24, 2.45) is 0 Å². The van der Waals surface area contributed by atoms with Gasteiger partial charge in [-0.25, -0.2) is 4.39 Å². The monoisotopic (exact) mass is 261 g/mol. The van der Waals surface area contributed by atoms with Gasteiger partial charge in [0.1, 0.15) is 5.82 Å². The molecule has 0 aliphatic rings. The van der Waals surface area contributed by atoms with E-state index in [0.717, 1.165) is 6.20 Å². The number of esters is 1. The van der Waals surface area contributed by atoms with Gasteiger partial charge in [0, 0.05) is 16.2 Å². The molecule has 0 spiro atoms. The maximum absolute atomic E-state index is 13.3. The highest BCUT2D eigenvalue weighted by Gasteiger charge is 2.22. The molecule has 14 heavy (non-hydrogen) atoms. The molecule has 1 aromatic rings. The number of nitrogens with zero attached hydrogens (tertiary/aromatic N) is 1. The summed E-state index contributed by atoms with van der Waals surface area (Å²) in [6.07, 6.45) is 2.51. The summed E-state index contributed by atoms with van der Waals surface area (Å²) in [4.78, 5) is 14.8. The van der Waals surface area contributed by atoms with E-state index in [9.17, 15) is 9.18 Å². The predicted molar refractivity (Wildman–Crippen MR) is 52.3 cm³/mol. The Bertz CT molecular complexity index is 336. The zero-order chi connectivity index (χ0) is 10.7. The van der Waals surface area contributed by atoms with E-state index in [1.807, 2.05) is 0 Å². The van der Waals surface area contributed by atoms with Crippen molar-refractivity contribution in [2.45, 2.75) is 12.8 Å². The van der Waals surface area contributed by atoms with Crippen molar-refractivity contribution >= 4 is 21.9 Å². The third kappa shape index (κ3) is 2.09. The van der Waals surface area contributed by atoms with Gasteiger partial charge in [-0.15, -0.1) is 0 Å². The SMILES string of the molecule is COC(=O)C(C)c1c(F)cncc1Br. The molecule has 0 N–H and O–H groups in total. The molecule has 0 aromatic carbocycles. The zero-order valence-electron chi connectivity index (χ0n) is 7.75. The fourth-order valence-electron chi connectivity index (χ4n) is 1.13. The lowest BCUT2D eigenvalue weighted by atomic mass is 10.0. The average molecular weight is 262 g/mol. The molecule has 0 aliphatic heterocycles. The lowest BCUT2D eigenvalue weighted by Crippen LogP contribution is -2.13. The van der Waals surface area contributed by atoms with E-state index in [-0.39, 0.29) is 5.56 Å². The molecule has 0 aliphatic carbocycles. The van der Waals surface area contributed by atoms with Crippen molar-refractivity contribution in [2.75, 3.05) is 7.11 Å². The van der Waals surface area contributed by atoms with Gasteiger partial charge in [0.2, 0.25) is 0 Å². The molecular weight excluding hydrogens is 253 g/mol. The first-order valence-electron chi connectivity index (χ1n) is 3.94. The van der Waals surface area contributed by atoms with E-state index in [2.05, 4.69) is 25.7 Å². The second-order valence-electron chi connectivity index (χ2n) is 2.76. The van der Waals surface area contributed by atoms with Crippen molar-refractivity contribution in [3.05, 3.63) is 28.2 Å². The highest BCUT2D eigenvalue weighted by atomic mass is 79.9. The van der Waals surface area contributed by atoms with E-state index in [1.54, 1.807) is 6.92 Å². The molecule has 0 radical (unpaired) electrons. The number of carbonyl (C=O) groups is 1. The zero-order valence-corrected chi connectivity index (χ0v) is 9.34. The molecule has 5 heteroatoms. The first kappa shape index (κ1) is 11.1. The molecule has 76 valence electrons. The van der Waals surface area contributed by atoms with E-state index < -0.39 is 17.7 Å². The minimum Gasteiger partial charge on any atom is -0.469 e. The number of halogens is 2. The van der Waals surface area contributed by atoms with Crippen molar-refractivity contribution in [1.29, 1.82) is 0 Å². The van der Waals surface area contributed by atoms with Crippen molar-refractivity contribution in [1.82, 2.24) is 4.98 Å². The van der Waals surface area contributed by atoms with Crippen LogP contribution in [0, 0.1) is 5.82 Å². The van der Waals surface area contributed by atoms with Crippen molar-refractivity contribution in [3.8, 4) is 0 Å². The normalized spacial score (nSPS) is 12.3. The van der Waals surface area contributed by atoms with Gasteiger partial charge in [0.05, 0.1) is 19.2 Å². The fourth-order valence-corrected chi connectivity index (χ4v) is 1.78. The molecule has 3 nitrogen and oxygen atoms in total. The Morgan fingerprint density at radius 2 is 2.29 bits per heavy atom. The van der Waals surface area contributed by atoms with Crippen LogP contribution in [0.4, 0.5) is 4.39 Å². The maximum atomic E-state index is 13.3.